The lowest BCUT2D eigenvalue weighted by Gasteiger charge is -2.18. The fourth-order valence-electron chi connectivity index (χ4n) is 5.58. The lowest BCUT2D eigenvalue weighted by atomic mass is 9.96. The first-order chi connectivity index (χ1) is 25.5. The van der Waals surface area contributed by atoms with E-state index in [0.29, 0.717) is 44.2 Å². The predicted molar refractivity (Wildman–Crippen MR) is 190 cm³/mol. The summed E-state index contributed by atoms with van der Waals surface area (Å²) in [5, 5.41) is 3.66. The molecule has 2 heterocycles. The fourth-order valence-corrected chi connectivity index (χ4v) is 5.58. The van der Waals surface area contributed by atoms with Gasteiger partial charge in [-0.3, -0.25) is 38.5 Å². The minimum Gasteiger partial charge on any atom is -0.423 e. The Morgan fingerprint density at radius 3 is 1.54 bits per heavy atom. The van der Waals surface area contributed by atoms with Crippen LogP contribution in [0.5, 0.6) is 34.5 Å². The molecule has 54 heavy (non-hydrogen) atoms. The average molecular weight is 740 g/mol. The van der Waals surface area contributed by atoms with E-state index in [1.807, 2.05) is 0 Å². The van der Waals surface area contributed by atoms with E-state index >= 15 is 0 Å². The molecule has 0 fully saturated rings. The molecule has 5 aromatic rings. The molecule has 2 aromatic heterocycles. The molecule has 0 bridgehead atoms. The van der Waals surface area contributed by atoms with Crippen LogP contribution in [-0.4, -0.2) is 51.7 Å². The van der Waals surface area contributed by atoms with Crippen LogP contribution in [0, 0.1) is 0 Å². The summed E-state index contributed by atoms with van der Waals surface area (Å²) in [5.41, 5.74) is 2.72. The van der Waals surface area contributed by atoms with Gasteiger partial charge in [0.15, 0.2) is 34.5 Å². The minimum absolute atomic E-state index is 0.00898. The van der Waals surface area contributed by atoms with Crippen LogP contribution in [0.25, 0.3) is 32.9 Å². The van der Waals surface area contributed by atoms with Gasteiger partial charge in [0.2, 0.25) is 5.91 Å². The molecule has 0 saturated heterocycles. The summed E-state index contributed by atoms with van der Waals surface area (Å²) in [6.45, 7) is 8.38. The van der Waals surface area contributed by atoms with Gasteiger partial charge < -0.3 is 38.7 Å². The normalized spacial score (nSPS) is 10.7. The third-order valence-electron chi connectivity index (χ3n) is 7.36. The second kappa shape index (κ2) is 15.6. The maximum absolute atomic E-state index is 12.4. The zero-order valence-corrected chi connectivity index (χ0v) is 30.1. The second-order valence-electron chi connectivity index (χ2n) is 11.9. The number of nitrogens with zero attached hydrogens (tertiary/aromatic N) is 1. The number of esters is 6. The maximum atomic E-state index is 12.4. The SMILES string of the molecule is CC(=O)Nc1cc(OC(C)=O)c(OC(C)=O)cc1Cc1nc2cc(OC(C)=O)c(OC(C)=O)cc2cc1-c1c[nH]c2cc(OC(C)=O)c(OC(C)=O)cc12. The highest BCUT2D eigenvalue weighted by atomic mass is 16.6. The summed E-state index contributed by atoms with van der Waals surface area (Å²) in [5.74, 6) is -4.93. The predicted octanol–water partition coefficient (Wildman–Crippen LogP) is 5.48. The number of hydrogen-bond donors (Lipinski definition) is 2. The van der Waals surface area contributed by atoms with Gasteiger partial charge in [-0.2, -0.15) is 0 Å². The smallest absolute Gasteiger partial charge is 0.308 e. The van der Waals surface area contributed by atoms with Crippen LogP contribution < -0.4 is 33.7 Å². The van der Waals surface area contributed by atoms with Crippen LogP contribution >= 0.6 is 0 Å². The van der Waals surface area contributed by atoms with Crippen molar-refractivity contribution in [3.05, 3.63) is 59.9 Å². The maximum Gasteiger partial charge on any atom is 0.308 e. The number of benzene rings is 3. The van der Waals surface area contributed by atoms with Crippen molar-refractivity contribution in [2.45, 2.75) is 54.9 Å². The first kappa shape index (κ1) is 38.1. The van der Waals surface area contributed by atoms with Crippen molar-refractivity contribution in [3.63, 3.8) is 0 Å². The van der Waals surface area contributed by atoms with Crippen molar-refractivity contribution in [1.82, 2.24) is 9.97 Å². The number of aromatic amines is 1. The highest BCUT2D eigenvalue weighted by molar-refractivity contribution is 6.01. The molecule has 0 atom stereocenters. The molecule has 1 amide bonds. The number of pyridine rings is 1. The van der Waals surface area contributed by atoms with Crippen LogP contribution in [0.1, 0.15) is 59.7 Å². The largest absolute Gasteiger partial charge is 0.423 e. The Bertz CT molecular complexity index is 2410. The van der Waals surface area contributed by atoms with E-state index in [1.54, 1.807) is 12.3 Å². The van der Waals surface area contributed by atoms with E-state index < -0.39 is 41.7 Å². The fraction of sp³-hybridized carbons (Fsp3) is 0.211. The topological polar surface area (TPSA) is 216 Å². The summed E-state index contributed by atoms with van der Waals surface area (Å²) in [4.78, 5) is 92.3. The summed E-state index contributed by atoms with van der Waals surface area (Å²) < 4.78 is 32.1. The van der Waals surface area contributed by atoms with Gasteiger partial charge in [-0.25, -0.2) is 0 Å². The van der Waals surface area contributed by atoms with Gasteiger partial charge in [0, 0.05) is 107 Å². The number of nitrogens with one attached hydrogen (secondary N) is 2. The second-order valence-corrected chi connectivity index (χ2v) is 11.9. The minimum atomic E-state index is -0.705. The lowest BCUT2D eigenvalue weighted by molar-refractivity contribution is -0.134. The van der Waals surface area contributed by atoms with E-state index in [-0.39, 0.29) is 46.6 Å². The van der Waals surface area contributed by atoms with E-state index in [2.05, 4.69) is 10.3 Å². The number of H-pyrrole nitrogens is 1. The molecule has 0 aliphatic heterocycles. The molecular formula is C38H33N3O13. The summed E-state index contributed by atoms with van der Waals surface area (Å²) in [6, 6.07) is 10.4. The first-order valence-electron chi connectivity index (χ1n) is 16.2. The molecule has 5 rings (SSSR count). The Kier molecular flexibility index (Phi) is 11.1. The Morgan fingerprint density at radius 1 is 0.556 bits per heavy atom. The highest BCUT2D eigenvalue weighted by Gasteiger charge is 2.23. The lowest BCUT2D eigenvalue weighted by Crippen LogP contribution is -2.12. The van der Waals surface area contributed by atoms with Crippen molar-refractivity contribution < 1.29 is 62.0 Å². The van der Waals surface area contributed by atoms with Crippen molar-refractivity contribution in [3.8, 4) is 45.6 Å². The molecule has 0 saturated carbocycles. The third-order valence-corrected chi connectivity index (χ3v) is 7.36. The van der Waals surface area contributed by atoms with Gasteiger partial charge in [-0.05, 0) is 29.8 Å². The molecule has 0 aliphatic rings. The molecule has 3 aromatic carbocycles. The van der Waals surface area contributed by atoms with E-state index in [1.165, 1.54) is 77.9 Å². The molecule has 16 nitrogen and oxygen atoms in total. The zero-order valence-electron chi connectivity index (χ0n) is 30.1. The molecule has 278 valence electrons. The Hall–Kier alpha value is -7.10. The quantitative estimate of drug-likeness (QED) is 0.134. The number of carbonyl (C=O) groups is 7. The summed E-state index contributed by atoms with van der Waals surface area (Å²) in [6.07, 6.45) is 1.59. The molecule has 0 radical (unpaired) electrons. The number of rotatable bonds is 10. The number of fused-ring (bicyclic) bond motifs is 2. The van der Waals surface area contributed by atoms with Crippen molar-refractivity contribution in [2.24, 2.45) is 0 Å². The monoisotopic (exact) mass is 739 g/mol. The zero-order chi connectivity index (χ0) is 39.4. The van der Waals surface area contributed by atoms with Gasteiger partial charge >= 0.3 is 35.8 Å². The number of ether oxygens (including phenoxy) is 6. The van der Waals surface area contributed by atoms with Gasteiger partial charge in [0.05, 0.1) is 16.7 Å². The van der Waals surface area contributed by atoms with Crippen molar-refractivity contribution >= 4 is 69.2 Å². The van der Waals surface area contributed by atoms with Gasteiger partial charge in [-0.1, -0.05) is 0 Å². The van der Waals surface area contributed by atoms with E-state index in [0.717, 1.165) is 6.92 Å². The van der Waals surface area contributed by atoms with Gasteiger partial charge in [-0.15, -0.1) is 0 Å². The number of anilines is 1. The average Bonchev–Trinajstić information content (AvgIpc) is 3.43. The number of aromatic nitrogens is 2. The van der Waals surface area contributed by atoms with Crippen LogP contribution in [0.4, 0.5) is 5.69 Å². The number of amides is 1. The van der Waals surface area contributed by atoms with Crippen LogP contribution in [0.2, 0.25) is 0 Å². The van der Waals surface area contributed by atoms with Gasteiger partial charge in [0.1, 0.15) is 0 Å². The van der Waals surface area contributed by atoms with E-state index in [9.17, 15) is 33.6 Å². The highest BCUT2D eigenvalue weighted by Crippen LogP contribution is 2.42. The molecule has 0 aliphatic carbocycles. The molecule has 16 heteroatoms. The Morgan fingerprint density at radius 2 is 1.02 bits per heavy atom. The van der Waals surface area contributed by atoms with Gasteiger partial charge in [0.25, 0.3) is 0 Å². The van der Waals surface area contributed by atoms with Crippen LogP contribution in [-0.2, 0) is 40.0 Å². The Labute approximate surface area is 306 Å². The Balaban J connectivity index is 1.82. The molecule has 2 N–H and O–H groups in total. The standard InChI is InChI=1S/C38H33N3O13/c1-17(42)40-29-13-36(52-21(5)46)34(50-19(3)44)11-25(29)9-32-26(8-24-10-33(49-18(2)43)37(53-22(6)47)14-30(24)41-32)28-16-39-31-15-38(54-23(7)48)35(12-27(28)31)51-20(4)45/h8,10-16,39H,9H2,1-7H3,(H,40,42). The number of hydrogen-bond acceptors (Lipinski definition) is 14. The first-order valence-corrected chi connectivity index (χ1v) is 16.2. The summed E-state index contributed by atoms with van der Waals surface area (Å²) in [7, 11) is 0. The van der Waals surface area contributed by atoms with Crippen molar-refractivity contribution in [1.29, 1.82) is 0 Å². The van der Waals surface area contributed by atoms with Crippen LogP contribution in [0.15, 0.2) is 48.7 Å². The summed E-state index contributed by atoms with van der Waals surface area (Å²) >= 11 is 0. The molecule has 0 unspecified atom stereocenters. The van der Waals surface area contributed by atoms with Crippen LogP contribution in [0.3, 0.4) is 0 Å². The number of carbonyl (C=O) groups excluding carboxylic acids is 7. The van der Waals surface area contributed by atoms with Crippen molar-refractivity contribution in [2.75, 3.05) is 5.32 Å². The molecular weight excluding hydrogens is 706 g/mol. The molecule has 0 spiro atoms. The van der Waals surface area contributed by atoms with E-state index in [4.69, 9.17) is 33.4 Å². The third kappa shape index (κ3) is 9.03.